The van der Waals surface area contributed by atoms with Crippen LogP contribution in [0, 0.1) is 6.92 Å². The second kappa shape index (κ2) is 7.18. The van der Waals surface area contributed by atoms with E-state index >= 15 is 0 Å². The van der Waals surface area contributed by atoms with Crippen molar-refractivity contribution in [2.24, 2.45) is 0 Å². The van der Waals surface area contributed by atoms with Gasteiger partial charge in [0.05, 0.1) is 16.8 Å². The summed E-state index contributed by atoms with van der Waals surface area (Å²) in [7, 11) is 0. The van der Waals surface area contributed by atoms with E-state index in [1.807, 2.05) is 12.4 Å². The molecule has 3 rings (SSSR count). The lowest BCUT2D eigenvalue weighted by Crippen LogP contribution is -2.07. The third kappa shape index (κ3) is 4.33. The number of rotatable bonds is 5. The Morgan fingerprint density at radius 2 is 1.68 bits per heavy atom. The number of aromatic nitrogens is 3. The number of aryl methyl sites for hydroxylation is 1. The lowest BCUT2D eigenvalue weighted by Gasteiger charge is -2.08. The Morgan fingerprint density at radius 1 is 1.00 bits per heavy atom. The lowest BCUT2D eigenvalue weighted by molar-refractivity contribution is -0.137. The number of hydrogen-bond donors (Lipinski definition) is 1. The average molecular weight is 364 g/mol. The quantitative estimate of drug-likeness (QED) is 0.720. The van der Waals surface area contributed by atoms with E-state index in [-0.39, 0.29) is 0 Å². The number of halogens is 3. The molecule has 0 unspecified atom stereocenters. The maximum absolute atomic E-state index is 12.6. The molecule has 0 saturated heterocycles. The van der Waals surface area contributed by atoms with Crippen LogP contribution in [0.1, 0.15) is 16.1 Å². The minimum atomic E-state index is -4.33. The monoisotopic (exact) mass is 364 g/mol. The third-order valence-electron chi connectivity index (χ3n) is 3.68. The molecule has 1 N–H and O–H groups in total. The van der Waals surface area contributed by atoms with E-state index in [2.05, 4.69) is 20.3 Å². The second-order valence-corrected chi connectivity index (χ2v) is 6.35. The van der Waals surface area contributed by atoms with E-state index in [0.717, 1.165) is 24.2 Å². The predicted molar refractivity (Wildman–Crippen MR) is 91.5 cm³/mol. The van der Waals surface area contributed by atoms with E-state index < -0.39 is 11.7 Å². The number of benzene rings is 1. The molecule has 4 nitrogen and oxygen atoms in total. The fraction of sp³-hybridized carbons (Fsp3) is 0.235. The SMILES string of the molecule is Cc1ncsc1CCNc1ncc(-c2ccc(C(F)(F)F)cc2)cn1. The zero-order valence-corrected chi connectivity index (χ0v) is 14.2. The van der Waals surface area contributed by atoms with Gasteiger partial charge in [-0.1, -0.05) is 12.1 Å². The van der Waals surface area contributed by atoms with Gasteiger partial charge in [0.25, 0.3) is 0 Å². The van der Waals surface area contributed by atoms with Crippen molar-refractivity contribution >= 4 is 17.3 Å². The molecule has 2 aromatic heterocycles. The number of nitrogens with one attached hydrogen (secondary N) is 1. The number of thiazole rings is 1. The van der Waals surface area contributed by atoms with Crippen LogP contribution in [0.3, 0.4) is 0 Å². The fourth-order valence-electron chi connectivity index (χ4n) is 2.27. The summed E-state index contributed by atoms with van der Waals surface area (Å²) < 4.78 is 37.8. The molecule has 0 radical (unpaired) electrons. The van der Waals surface area contributed by atoms with Gasteiger partial charge in [-0.3, -0.25) is 0 Å². The Bertz CT molecular complexity index is 826. The fourth-order valence-corrected chi connectivity index (χ4v) is 3.06. The topological polar surface area (TPSA) is 50.7 Å². The highest BCUT2D eigenvalue weighted by molar-refractivity contribution is 7.09. The molecule has 0 saturated carbocycles. The first kappa shape index (κ1) is 17.3. The van der Waals surface area contributed by atoms with Crippen molar-refractivity contribution in [3.63, 3.8) is 0 Å². The Labute approximate surface area is 146 Å². The highest BCUT2D eigenvalue weighted by Crippen LogP contribution is 2.30. The minimum absolute atomic E-state index is 0.484. The Hall–Kier alpha value is -2.48. The minimum Gasteiger partial charge on any atom is -0.354 e. The number of anilines is 1. The van der Waals surface area contributed by atoms with Crippen LogP contribution in [0.5, 0.6) is 0 Å². The summed E-state index contributed by atoms with van der Waals surface area (Å²) in [5.74, 6) is 0.484. The molecular formula is C17H15F3N4S. The number of nitrogens with zero attached hydrogens (tertiary/aromatic N) is 3. The summed E-state index contributed by atoms with van der Waals surface area (Å²) in [5, 5.41) is 3.13. The first-order valence-electron chi connectivity index (χ1n) is 7.56. The summed E-state index contributed by atoms with van der Waals surface area (Å²) in [6, 6.07) is 4.94. The molecule has 25 heavy (non-hydrogen) atoms. The van der Waals surface area contributed by atoms with E-state index in [0.29, 0.717) is 23.6 Å². The van der Waals surface area contributed by atoms with Crippen LogP contribution in [-0.4, -0.2) is 21.5 Å². The third-order valence-corrected chi connectivity index (χ3v) is 4.67. The van der Waals surface area contributed by atoms with Gasteiger partial charge in [0, 0.05) is 35.8 Å². The van der Waals surface area contributed by atoms with Gasteiger partial charge in [0.15, 0.2) is 0 Å². The molecular weight excluding hydrogens is 349 g/mol. The molecule has 1 aromatic carbocycles. The molecule has 8 heteroatoms. The molecule has 130 valence electrons. The van der Waals surface area contributed by atoms with Gasteiger partial charge in [-0.2, -0.15) is 13.2 Å². The summed E-state index contributed by atoms with van der Waals surface area (Å²) in [5.41, 5.74) is 3.48. The first-order chi connectivity index (χ1) is 11.9. The van der Waals surface area contributed by atoms with Crippen molar-refractivity contribution in [3.8, 4) is 11.1 Å². The highest BCUT2D eigenvalue weighted by Gasteiger charge is 2.29. The van der Waals surface area contributed by atoms with Gasteiger partial charge in [0.1, 0.15) is 0 Å². The van der Waals surface area contributed by atoms with Crippen molar-refractivity contribution in [1.29, 1.82) is 0 Å². The van der Waals surface area contributed by atoms with Crippen LogP contribution < -0.4 is 5.32 Å². The maximum atomic E-state index is 12.6. The van der Waals surface area contributed by atoms with Crippen LogP contribution in [0.25, 0.3) is 11.1 Å². The van der Waals surface area contributed by atoms with Crippen LogP contribution in [0.15, 0.2) is 42.2 Å². The normalized spacial score (nSPS) is 11.5. The average Bonchev–Trinajstić information content (AvgIpc) is 3.00. The first-order valence-corrected chi connectivity index (χ1v) is 8.44. The van der Waals surface area contributed by atoms with Gasteiger partial charge in [-0.15, -0.1) is 11.3 Å². The zero-order chi connectivity index (χ0) is 17.9. The highest BCUT2D eigenvalue weighted by atomic mass is 32.1. The molecule has 3 aromatic rings. The van der Waals surface area contributed by atoms with Crippen molar-refractivity contribution in [1.82, 2.24) is 15.0 Å². The molecule has 0 aliphatic heterocycles. The van der Waals surface area contributed by atoms with Gasteiger partial charge in [-0.05, 0) is 24.6 Å². The summed E-state index contributed by atoms with van der Waals surface area (Å²) in [6.07, 6.45) is -0.314. The Balaban J connectivity index is 1.61. The zero-order valence-electron chi connectivity index (χ0n) is 13.3. The molecule has 0 amide bonds. The van der Waals surface area contributed by atoms with Crippen LogP contribution in [-0.2, 0) is 12.6 Å². The van der Waals surface area contributed by atoms with E-state index in [4.69, 9.17) is 0 Å². The number of alkyl halides is 3. The second-order valence-electron chi connectivity index (χ2n) is 5.41. The van der Waals surface area contributed by atoms with E-state index in [1.54, 1.807) is 23.7 Å². The van der Waals surface area contributed by atoms with Gasteiger partial charge in [-0.25, -0.2) is 15.0 Å². The molecule has 0 spiro atoms. The molecule has 0 aliphatic rings. The molecule has 2 heterocycles. The molecule has 0 aliphatic carbocycles. The van der Waals surface area contributed by atoms with Gasteiger partial charge in [0.2, 0.25) is 5.95 Å². The summed E-state index contributed by atoms with van der Waals surface area (Å²) >= 11 is 1.62. The van der Waals surface area contributed by atoms with Gasteiger partial charge >= 0.3 is 6.18 Å². The van der Waals surface area contributed by atoms with Crippen molar-refractivity contribution in [2.45, 2.75) is 19.5 Å². The van der Waals surface area contributed by atoms with Crippen molar-refractivity contribution in [2.75, 3.05) is 11.9 Å². The molecule has 0 bridgehead atoms. The van der Waals surface area contributed by atoms with E-state index in [1.165, 1.54) is 17.0 Å². The predicted octanol–water partition coefficient (Wildman–Crippen LogP) is 4.58. The molecule has 0 fully saturated rings. The smallest absolute Gasteiger partial charge is 0.354 e. The van der Waals surface area contributed by atoms with Crippen LogP contribution in [0.2, 0.25) is 0 Å². The summed E-state index contributed by atoms with van der Waals surface area (Å²) in [4.78, 5) is 13.8. The molecule has 0 atom stereocenters. The standard InChI is InChI=1S/C17H15F3N4S/c1-11-15(25-10-24-11)6-7-21-16-22-8-13(9-23-16)12-2-4-14(5-3-12)17(18,19)20/h2-5,8-10H,6-7H2,1H3,(H,21,22,23). The lowest BCUT2D eigenvalue weighted by atomic mass is 10.1. The Morgan fingerprint density at radius 3 is 2.24 bits per heavy atom. The number of hydrogen-bond acceptors (Lipinski definition) is 5. The van der Waals surface area contributed by atoms with Crippen molar-refractivity contribution in [3.05, 3.63) is 58.3 Å². The van der Waals surface area contributed by atoms with Crippen molar-refractivity contribution < 1.29 is 13.2 Å². The van der Waals surface area contributed by atoms with Crippen LogP contribution in [0.4, 0.5) is 19.1 Å². The van der Waals surface area contributed by atoms with Gasteiger partial charge < -0.3 is 5.32 Å². The Kier molecular flexibility index (Phi) is 4.98. The van der Waals surface area contributed by atoms with E-state index in [9.17, 15) is 13.2 Å². The largest absolute Gasteiger partial charge is 0.416 e. The summed E-state index contributed by atoms with van der Waals surface area (Å²) in [6.45, 7) is 2.66. The maximum Gasteiger partial charge on any atom is 0.416 e. The van der Waals surface area contributed by atoms with Crippen LogP contribution >= 0.6 is 11.3 Å².